The highest BCUT2D eigenvalue weighted by Crippen LogP contribution is 2.28. The second kappa shape index (κ2) is 7.63. The lowest BCUT2D eigenvalue weighted by Crippen LogP contribution is -2.17. The van der Waals surface area contributed by atoms with Crippen LogP contribution in [0.3, 0.4) is 0 Å². The first-order valence-corrected chi connectivity index (χ1v) is 8.46. The fourth-order valence-electron chi connectivity index (χ4n) is 2.46. The summed E-state index contributed by atoms with van der Waals surface area (Å²) in [4.78, 5) is 0. The van der Waals surface area contributed by atoms with Crippen molar-refractivity contribution in [1.82, 2.24) is 0 Å². The standard InChI is InChI=1S/C20H21ClO3/c1-14(2)20-23-13-17(24-20)12-22-19-9-8-16(11-18(19)21)10-15-6-4-3-5-7-15/h3-9,11,13-14,20H,10,12H2,1-2H3. The molecule has 1 aliphatic heterocycles. The van der Waals surface area contributed by atoms with Gasteiger partial charge in [0.25, 0.3) is 0 Å². The minimum atomic E-state index is -0.229. The molecule has 0 bridgehead atoms. The van der Waals surface area contributed by atoms with Crippen molar-refractivity contribution in [2.45, 2.75) is 26.6 Å². The molecule has 4 heteroatoms. The molecule has 1 aliphatic rings. The van der Waals surface area contributed by atoms with Crippen LogP contribution in [0.25, 0.3) is 0 Å². The largest absolute Gasteiger partial charge is 0.484 e. The minimum absolute atomic E-state index is 0.229. The molecule has 1 atom stereocenters. The average Bonchev–Trinajstić information content (AvgIpc) is 3.04. The summed E-state index contributed by atoms with van der Waals surface area (Å²) in [6.45, 7) is 4.40. The zero-order chi connectivity index (χ0) is 16.9. The van der Waals surface area contributed by atoms with Gasteiger partial charge in [0.05, 0.1) is 5.02 Å². The Bertz CT molecular complexity index is 710. The smallest absolute Gasteiger partial charge is 0.242 e. The third kappa shape index (κ3) is 4.24. The van der Waals surface area contributed by atoms with Crippen molar-refractivity contribution in [3.05, 3.63) is 76.7 Å². The second-order valence-electron chi connectivity index (χ2n) is 6.17. The Balaban J connectivity index is 1.57. The summed E-state index contributed by atoms with van der Waals surface area (Å²) in [5.74, 6) is 1.61. The summed E-state index contributed by atoms with van der Waals surface area (Å²) in [6.07, 6.45) is 2.23. The number of ether oxygens (including phenoxy) is 3. The summed E-state index contributed by atoms with van der Waals surface area (Å²) in [5.41, 5.74) is 2.40. The van der Waals surface area contributed by atoms with Crippen LogP contribution in [0, 0.1) is 5.92 Å². The van der Waals surface area contributed by atoms with Crippen molar-refractivity contribution < 1.29 is 14.2 Å². The first-order chi connectivity index (χ1) is 11.6. The number of hydrogen-bond donors (Lipinski definition) is 0. The number of halogens is 1. The van der Waals surface area contributed by atoms with E-state index in [-0.39, 0.29) is 6.29 Å². The van der Waals surface area contributed by atoms with Crippen molar-refractivity contribution in [3.8, 4) is 5.75 Å². The molecule has 0 N–H and O–H groups in total. The number of rotatable bonds is 6. The maximum atomic E-state index is 6.34. The van der Waals surface area contributed by atoms with Crippen LogP contribution in [0.15, 0.2) is 60.6 Å². The highest BCUT2D eigenvalue weighted by atomic mass is 35.5. The normalized spacial score (nSPS) is 16.5. The topological polar surface area (TPSA) is 27.7 Å². The maximum Gasteiger partial charge on any atom is 0.242 e. The summed E-state index contributed by atoms with van der Waals surface area (Å²) in [7, 11) is 0. The van der Waals surface area contributed by atoms with Crippen LogP contribution in [0.4, 0.5) is 0 Å². The van der Waals surface area contributed by atoms with Gasteiger partial charge in [0, 0.05) is 5.92 Å². The Morgan fingerprint density at radius 1 is 1.08 bits per heavy atom. The van der Waals surface area contributed by atoms with Crippen molar-refractivity contribution in [2.24, 2.45) is 5.92 Å². The summed E-state index contributed by atoms with van der Waals surface area (Å²) in [5, 5.41) is 0.600. The van der Waals surface area contributed by atoms with E-state index in [9.17, 15) is 0 Å². The van der Waals surface area contributed by atoms with Crippen LogP contribution in [-0.2, 0) is 15.9 Å². The van der Waals surface area contributed by atoms with Crippen LogP contribution in [-0.4, -0.2) is 12.9 Å². The van der Waals surface area contributed by atoms with Gasteiger partial charge in [-0.2, -0.15) is 0 Å². The molecule has 0 radical (unpaired) electrons. The Kier molecular flexibility index (Phi) is 5.31. The predicted molar refractivity (Wildman–Crippen MR) is 95.1 cm³/mol. The van der Waals surface area contributed by atoms with E-state index >= 15 is 0 Å². The van der Waals surface area contributed by atoms with Crippen molar-refractivity contribution in [3.63, 3.8) is 0 Å². The van der Waals surface area contributed by atoms with Crippen LogP contribution in [0.2, 0.25) is 5.02 Å². The third-order valence-electron chi connectivity index (χ3n) is 3.76. The van der Waals surface area contributed by atoms with Crippen molar-refractivity contribution in [1.29, 1.82) is 0 Å². The molecule has 0 saturated heterocycles. The SMILES string of the molecule is CC(C)C1OC=C(COc2ccc(Cc3ccccc3)cc2Cl)O1. The minimum Gasteiger partial charge on any atom is -0.484 e. The summed E-state index contributed by atoms with van der Waals surface area (Å²) >= 11 is 6.34. The highest BCUT2D eigenvalue weighted by Gasteiger charge is 2.23. The monoisotopic (exact) mass is 344 g/mol. The molecule has 0 fully saturated rings. The van der Waals surface area contributed by atoms with Crippen LogP contribution in [0.5, 0.6) is 5.75 Å². The molecule has 1 heterocycles. The molecule has 0 saturated carbocycles. The van der Waals surface area contributed by atoms with E-state index in [1.165, 1.54) is 5.56 Å². The molecule has 3 nitrogen and oxygen atoms in total. The van der Waals surface area contributed by atoms with E-state index in [4.69, 9.17) is 25.8 Å². The molecule has 0 amide bonds. The molecule has 3 rings (SSSR count). The van der Waals surface area contributed by atoms with Crippen LogP contribution >= 0.6 is 11.6 Å². The lowest BCUT2D eigenvalue weighted by Gasteiger charge is -2.15. The molecule has 2 aromatic rings. The Hall–Kier alpha value is -2.13. The van der Waals surface area contributed by atoms with Gasteiger partial charge in [0.2, 0.25) is 6.29 Å². The zero-order valence-electron chi connectivity index (χ0n) is 13.9. The number of hydrogen-bond acceptors (Lipinski definition) is 3. The molecule has 24 heavy (non-hydrogen) atoms. The molecule has 1 unspecified atom stereocenters. The zero-order valence-corrected chi connectivity index (χ0v) is 14.6. The van der Waals surface area contributed by atoms with Gasteiger partial charge in [0.15, 0.2) is 5.76 Å². The Morgan fingerprint density at radius 3 is 2.54 bits per heavy atom. The molecule has 0 aliphatic carbocycles. The average molecular weight is 345 g/mol. The van der Waals surface area contributed by atoms with Gasteiger partial charge < -0.3 is 14.2 Å². The van der Waals surface area contributed by atoms with E-state index in [2.05, 4.69) is 12.1 Å². The molecular formula is C20H21ClO3. The molecular weight excluding hydrogens is 324 g/mol. The van der Waals surface area contributed by atoms with E-state index in [0.29, 0.717) is 29.1 Å². The van der Waals surface area contributed by atoms with Crippen LogP contribution in [0.1, 0.15) is 25.0 Å². The van der Waals surface area contributed by atoms with Crippen molar-refractivity contribution >= 4 is 11.6 Å². The van der Waals surface area contributed by atoms with E-state index in [0.717, 1.165) is 12.0 Å². The molecule has 0 spiro atoms. The third-order valence-corrected chi connectivity index (χ3v) is 4.06. The Labute approximate surface area is 147 Å². The first kappa shape index (κ1) is 16.7. The van der Waals surface area contributed by atoms with Gasteiger partial charge >= 0.3 is 0 Å². The maximum absolute atomic E-state index is 6.34. The molecule has 126 valence electrons. The van der Waals surface area contributed by atoms with Crippen molar-refractivity contribution in [2.75, 3.05) is 6.61 Å². The lowest BCUT2D eigenvalue weighted by atomic mass is 10.1. The van der Waals surface area contributed by atoms with Crippen LogP contribution < -0.4 is 4.74 Å². The number of benzene rings is 2. The first-order valence-electron chi connectivity index (χ1n) is 8.08. The van der Waals surface area contributed by atoms with Gasteiger partial charge in [-0.1, -0.05) is 61.8 Å². The molecule has 2 aromatic carbocycles. The molecule has 0 aromatic heterocycles. The van der Waals surface area contributed by atoms with Gasteiger partial charge in [0.1, 0.15) is 18.6 Å². The summed E-state index contributed by atoms with van der Waals surface area (Å²) < 4.78 is 16.8. The van der Waals surface area contributed by atoms with Gasteiger partial charge in [-0.15, -0.1) is 0 Å². The van der Waals surface area contributed by atoms with Gasteiger partial charge in [-0.05, 0) is 29.7 Å². The quantitative estimate of drug-likeness (QED) is 0.722. The fraction of sp³-hybridized carbons (Fsp3) is 0.300. The van der Waals surface area contributed by atoms with Gasteiger partial charge in [-0.25, -0.2) is 0 Å². The highest BCUT2D eigenvalue weighted by molar-refractivity contribution is 6.32. The van der Waals surface area contributed by atoms with Gasteiger partial charge in [-0.3, -0.25) is 0 Å². The van der Waals surface area contributed by atoms with E-state index in [1.807, 2.05) is 50.2 Å². The fourth-order valence-corrected chi connectivity index (χ4v) is 2.72. The Morgan fingerprint density at radius 2 is 1.88 bits per heavy atom. The van der Waals surface area contributed by atoms with E-state index in [1.54, 1.807) is 6.26 Å². The second-order valence-corrected chi connectivity index (χ2v) is 6.57. The van der Waals surface area contributed by atoms with E-state index < -0.39 is 0 Å². The predicted octanol–water partition coefficient (Wildman–Crippen LogP) is 5.18. The summed E-state index contributed by atoms with van der Waals surface area (Å²) in [6, 6.07) is 16.2. The lowest BCUT2D eigenvalue weighted by molar-refractivity contribution is -0.0675.